The number of carbonyl (C=O) groups is 1. The van der Waals surface area contributed by atoms with Crippen molar-refractivity contribution >= 4 is 22.0 Å². The predicted molar refractivity (Wildman–Crippen MR) is 79.9 cm³/mol. The number of carbonyl (C=O) groups excluding carboxylic acids is 1. The molecule has 0 heterocycles. The Morgan fingerprint density at radius 3 is 2.79 bits per heavy atom. The summed E-state index contributed by atoms with van der Waals surface area (Å²) in [4.78, 5) is 11.3. The summed E-state index contributed by atoms with van der Waals surface area (Å²) in [6, 6.07) is 7.79. The molecule has 0 aliphatic heterocycles. The predicted octanol–water partition coefficient (Wildman–Crippen LogP) is 3.72. The molecular weight excluding hydrogens is 306 g/mol. The van der Waals surface area contributed by atoms with Crippen LogP contribution in [0.3, 0.4) is 0 Å². The molecular formula is C15H18BrNO2. The van der Waals surface area contributed by atoms with Gasteiger partial charge in [-0.25, -0.2) is 4.79 Å². The fourth-order valence-corrected chi connectivity index (χ4v) is 1.67. The van der Waals surface area contributed by atoms with E-state index in [1.54, 1.807) is 0 Å². The molecule has 0 saturated carbocycles. The van der Waals surface area contributed by atoms with Gasteiger partial charge in [0.15, 0.2) is 0 Å². The first-order valence-electron chi connectivity index (χ1n) is 6.08. The van der Waals surface area contributed by atoms with E-state index in [4.69, 9.17) is 4.74 Å². The summed E-state index contributed by atoms with van der Waals surface area (Å²) in [6.45, 7) is 5.98. The van der Waals surface area contributed by atoms with Crippen molar-refractivity contribution in [3.05, 3.63) is 34.3 Å². The molecule has 0 aliphatic carbocycles. The highest BCUT2D eigenvalue weighted by atomic mass is 79.9. The average molecular weight is 324 g/mol. The number of hydrogen-bond acceptors (Lipinski definition) is 2. The maximum Gasteiger partial charge on any atom is 0.407 e. The van der Waals surface area contributed by atoms with Crippen LogP contribution in [0, 0.1) is 11.8 Å². The molecule has 0 spiro atoms. The lowest BCUT2D eigenvalue weighted by atomic mass is 10.2. The topological polar surface area (TPSA) is 38.3 Å². The van der Waals surface area contributed by atoms with E-state index in [2.05, 4.69) is 33.1 Å². The standard InChI is InChI=1S/C15H18BrNO2/c1-15(2,3)19-14(18)17-10-5-4-7-12-8-6-9-13(16)11-12/h6,8-9,11H,5,10H2,1-3H3,(H,17,18). The molecule has 0 aromatic heterocycles. The van der Waals surface area contributed by atoms with Crippen LogP contribution in [0.15, 0.2) is 28.7 Å². The molecule has 3 nitrogen and oxygen atoms in total. The van der Waals surface area contributed by atoms with Gasteiger partial charge in [-0.2, -0.15) is 0 Å². The smallest absolute Gasteiger partial charge is 0.407 e. The van der Waals surface area contributed by atoms with E-state index in [0.29, 0.717) is 13.0 Å². The van der Waals surface area contributed by atoms with Crippen molar-refractivity contribution in [2.75, 3.05) is 6.54 Å². The summed E-state index contributed by atoms with van der Waals surface area (Å²) < 4.78 is 6.12. The monoisotopic (exact) mass is 323 g/mol. The minimum absolute atomic E-state index is 0.406. The van der Waals surface area contributed by atoms with Crippen molar-refractivity contribution in [1.82, 2.24) is 5.32 Å². The zero-order valence-corrected chi connectivity index (χ0v) is 13.0. The van der Waals surface area contributed by atoms with Gasteiger partial charge in [-0.3, -0.25) is 0 Å². The zero-order valence-electron chi connectivity index (χ0n) is 11.4. The van der Waals surface area contributed by atoms with Gasteiger partial charge in [0.2, 0.25) is 0 Å². The van der Waals surface area contributed by atoms with Crippen molar-refractivity contribution < 1.29 is 9.53 Å². The minimum Gasteiger partial charge on any atom is -0.444 e. The maximum absolute atomic E-state index is 11.3. The largest absolute Gasteiger partial charge is 0.444 e. The van der Waals surface area contributed by atoms with Gasteiger partial charge in [-0.05, 0) is 39.0 Å². The van der Waals surface area contributed by atoms with Crippen LogP contribution in [0.2, 0.25) is 0 Å². The molecule has 1 aromatic carbocycles. The summed E-state index contributed by atoms with van der Waals surface area (Å²) in [7, 11) is 0. The van der Waals surface area contributed by atoms with E-state index in [1.807, 2.05) is 45.0 Å². The molecule has 1 N–H and O–H groups in total. The summed E-state index contributed by atoms with van der Waals surface area (Å²) in [5.74, 6) is 6.04. The van der Waals surface area contributed by atoms with Crippen molar-refractivity contribution in [3.63, 3.8) is 0 Å². The molecule has 1 aromatic rings. The Kier molecular flexibility index (Phi) is 5.91. The summed E-state index contributed by atoms with van der Waals surface area (Å²) >= 11 is 3.39. The van der Waals surface area contributed by atoms with Crippen LogP contribution >= 0.6 is 15.9 Å². The third-order valence-electron chi connectivity index (χ3n) is 1.98. The SMILES string of the molecule is CC(C)(C)OC(=O)NCCC#Cc1cccc(Br)c1. The van der Waals surface area contributed by atoms with Gasteiger partial charge < -0.3 is 10.1 Å². The van der Waals surface area contributed by atoms with Crippen LogP contribution in [0.4, 0.5) is 4.79 Å². The third kappa shape index (κ3) is 7.53. The van der Waals surface area contributed by atoms with Crippen molar-refractivity contribution in [3.8, 4) is 11.8 Å². The van der Waals surface area contributed by atoms with Gasteiger partial charge >= 0.3 is 6.09 Å². The number of ether oxygens (including phenoxy) is 1. The fourth-order valence-electron chi connectivity index (χ4n) is 1.27. The molecule has 0 fully saturated rings. The highest BCUT2D eigenvalue weighted by Gasteiger charge is 2.15. The number of hydrogen-bond donors (Lipinski definition) is 1. The Morgan fingerprint density at radius 1 is 1.42 bits per heavy atom. The molecule has 1 amide bonds. The van der Waals surface area contributed by atoms with Crippen LogP contribution in [-0.2, 0) is 4.74 Å². The Morgan fingerprint density at radius 2 is 2.16 bits per heavy atom. The Bertz CT molecular complexity index is 495. The van der Waals surface area contributed by atoms with Gasteiger partial charge in [0.05, 0.1) is 0 Å². The molecule has 0 aliphatic rings. The first kappa shape index (κ1) is 15.6. The van der Waals surface area contributed by atoms with E-state index in [0.717, 1.165) is 10.0 Å². The van der Waals surface area contributed by atoms with Gasteiger partial charge in [-0.15, -0.1) is 0 Å². The second kappa shape index (κ2) is 7.20. The van der Waals surface area contributed by atoms with Crippen LogP contribution in [-0.4, -0.2) is 18.2 Å². The summed E-state index contributed by atoms with van der Waals surface area (Å²) in [5.41, 5.74) is 0.484. The Hall–Kier alpha value is -1.47. The van der Waals surface area contributed by atoms with Gasteiger partial charge in [0.25, 0.3) is 0 Å². The first-order chi connectivity index (χ1) is 8.87. The van der Waals surface area contributed by atoms with Crippen molar-refractivity contribution in [2.24, 2.45) is 0 Å². The van der Waals surface area contributed by atoms with Crippen LogP contribution < -0.4 is 5.32 Å². The van der Waals surface area contributed by atoms with Crippen molar-refractivity contribution in [2.45, 2.75) is 32.8 Å². The first-order valence-corrected chi connectivity index (χ1v) is 6.87. The average Bonchev–Trinajstić information content (AvgIpc) is 2.26. The van der Waals surface area contributed by atoms with E-state index >= 15 is 0 Å². The van der Waals surface area contributed by atoms with E-state index < -0.39 is 11.7 Å². The number of benzene rings is 1. The van der Waals surface area contributed by atoms with Crippen LogP contribution in [0.5, 0.6) is 0 Å². The van der Waals surface area contributed by atoms with E-state index in [9.17, 15) is 4.79 Å². The molecule has 102 valence electrons. The molecule has 0 radical (unpaired) electrons. The molecule has 19 heavy (non-hydrogen) atoms. The third-order valence-corrected chi connectivity index (χ3v) is 2.47. The quantitative estimate of drug-likeness (QED) is 0.665. The van der Waals surface area contributed by atoms with E-state index in [-0.39, 0.29) is 0 Å². The normalized spacial score (nSPS) is 10.3. The highest BCUT2D eigenvalue weighted by Crippen LogP contribution is 2.10. The second-order valence-corrected chi connectivity index (χ2v) is 5.91. The fraction of sp³-hybridized carbons (Fsp3) is 0.400. The Labute approximate surface area is 122 Å². The maximum atomic E-state index is 11.3. The lowest BCUT2D eigenvalue weighted by Gasteiger charge is -2.19. The van der Waals surface area contributed by atoms with Gasteiger partial charge in [0.1, 0.15) is 5.60 Å². The van der Waals surface area contributed by atoms with Gasteiger partial charge in [-0.1, -0.05) is 33.8 Å². The number of rotatable bonds is 2. The molecule has 0 bridgehead atoms. The molecule has 0 atom stereocenters. The van der Waals surface area contributed by atoms with E-state index in [1.165, 1.54) is 0 Å². The summed E-state index contributed by atoms with van der Waals surface area (Å²) in [5, 5.41) is 2.66. The van der Waals surface area contributed by atoms with Crippen LogP contribution in [0.1, 0.15) is 32.8 Å². The molecule has 0 unspecified atom stereocenters. The number of amides is 1. The number of halogens is 1. The molecule has 4 heteroatoms. The molecule has 1 rings (SSSR count). The zero-order chi connectivity index (χ0) is 14.3. The lowest BCUT2D eigenvalue weighted by molar-refractivity contribution is 0.0529. The second-order valence-electron chi connectivity index (χ2n) is 4.99. The lowest BCUT2D eigenvalue weighted by Crippen LogP contribution is -2.32. The molecule has 0 saturated heterocycles. The van der Waals surface area contributed by atoms with Gasteiger partial charge in [0, 0.05) is 23.0 Å². The van der Waals surface area contributed by atoms with Crippen molar-refractivity contribution in [1.29, 1.82) is 0 Å². The van der Waals surface area contributed by atoms with Crippen LogP contribution in [0.25, 0.3) is 0 Å². The summed E-state index contributed by atoms with van der Waals surface area (Å²) in [6.07, 6.45) is 0.183. The number of nitrogens with one attached hydrogen (secondary N) is 1. The highest BCUT2D eigenvalue weighted by molar-refractivity contribution is 9.10. The minimum atomic E-state index is -0.466. The number of alkyl carbamates (subject to hydrolysis) is 1. The Balaban J connectivity index is 2.30.